The van der Waals surface area contributed by atoms with Gasteiger partial charge in [0.25, 0.3) is 0 Å². The Bertz CT molecular complexity index is 441. The summed E-state index contributed by atoms with van der Waals surface area (Å²) in [6.45, 7) is 4.42. The van der Waals surface area contributed by atoms with E-state index in [2.05, 4.69) is 10.2 Å². The second-order valence-electron chi connectivity index (χ2n) is 4.84. The molecule has 8 heteroatoms. The van der Waals surface area contributed by atoms with E-state index in [1.165, 1.54) is 16.7 Å². The highest BCUT2D eigenvalue weighted by Gasteiger charge is 2.32. The number of aliphatic hydroxyl groups excluding tert-OH is 2. The van der Waals surface area contributed by atoms with Crippen LogP contribution in [0.25, 0.3) is 0 Å². The maximum absolute atomic E-state index is 11.9. The van der Waals surface area contributed by atoms with Crippen LogP contribution in [0, 0.1) is 0 Å². The summed E-state index contributed by atoms with van der Waals surface area (Å²) in [7, 11) is 0. The molecule has 0 bridgehead atoms. The van der Waals surface area contributed by atoms with Crippen LogP contribution in [0.15, 0.2) is 11.5 Å². The summed E-state index contributed by atoms with van der Waals surface area (Å²) < 4.78 is 1.89. The molecule has 0 aliphatic carbocycles. The van der Waals surface area contributed by atoms with Gasteiger partial charge in [-0.15, -0.1) is 10.2 Å². The molecule has 1 aliphatic heterocycles. The van der Waals surface area contributed by atoms with Gasteiger partial charge in [-0.05, 0) is 13.8 Å². The van der Waals surface area contributed by atoms with Gasteiger partial charge in [0, 0.05) is 19.1 Å². The number of likely N-dealkylation sites (tertiary alicyclic amines) is 1. The molecule has 1 aliphatic rings. The number of aliphatic hydroxyl groups is 2. The Morgan fingerprint density at radius 3 is 2.68 bits per heavy atom. The van der Waals surface area contributed by atoms with Crippen molar-refractivity contribution in [3.8, 4) is 0 Å². The molecule has 2 atom stereocenters. The molecule has 0 aromatic carbocycles. The standard InChI is InChI=1S/C11H18N4O3S/c1-7(2)15-6-12-13-11(15)19-5-10(18)14-3-8(16)9(17)4-14/h6-9,16-17H,3-5H2,1-2H3/t8-,9+. The van der Waals surface area contributed by atoms with Crippen molar-refractivity contribution < 1.29 is 15.0 Å². The fraction of sp³-hybridized carbons (Fsp3) is 0.727. The van der Waals surface area contributed by atoms with Crippen molar-refractivity contribution in [3.63, 3.8) is 0 Å². The molecule has 1 aromatic rings. The van der Waals surface area contributed by atoms with Crippen LogP contribution in [0.2, 0.25) is 0 Å². The fourth-order valence-corrected chi connectivity index (χ4v) is 2.83. The van der Waals surface area contributed by atoms with E-state index in [1.54, 1.807) is 6.33 Å². The second kappa shape index (κ2) is 5.89. The molecule has 0 spiro atoms. The van der Waals surface area contributed by atoms with E-state index in [4.69, 9.17) is 0 Å². The largest absolute Gasteiger partial charge is 0.388 e. The zero-order valence-electron chi connectivity index (χ0n) is 10.9. The van der Waals surface area contributed by atoms with Gasteiger partial charge in [0.2, 0.25) is 5.91 Å². The second-order valence-corrected chi connectivity index (χ2v) is 5.78. The third-order valence-corrected chi connectivity index (χ3v) is 3.97. The highest BCUT2D eigenvalue weighted by Crippen LogP contribution is 2.20. The first-order valence-electron chi connectivity index (χ1n) is 6.15. The zero-order valence-corrected chi connectivity index (χ0v) is 11.7. The highest BCUT2D eigenvalue weighted by molar-refractivity contribution is 7.99. The van der Waals surface area contributed by atoms with Crippen LogP contribution in [0.5, 0.6) is 0 Å². The third-order valence-electron chi connectivity index (χ3n) is 3.03. The number of carbonyl (C=O) groups excluding carboxylic acids is 1. The first-order valence-corrected chi connectivity index (χ1v) is 7.13. The lowest BCUT2D eigenvalue weighted by Crippen LogP contribution is -2.31. The highest BCUT2D eigenvalue weighted by atomic mass is 32.2. The first-order chi connectivity index (χ1) is 8.99. The van der Waals surface area contributed by atoms with Gasteiger partial charge < -0.3 is 19.7 Å². The molecule has 19 heavy (non-hydrogen) atoms. The number of hydrogen-bond acceptors (Lipinski definition) is 6. The summed E-state index contributed by atoms with van der Waals surface area (Å²) in [4.78, 5) is 13.4. The average molecular weight is 286 g/mol. The topological polar surface area (TPSA) is 91.5 Å². The Kier molecular flexibility index (Phi) is 4.43. The Morgan fingerprint density at radius 1 is 1.47 bits per heavy atom. The summed E-state index contributed by atoms with van der Waals surface area (Å²) in [5, 5.41) is 27.3. The van der Waals surface area contributed by atoms with Crippen LogP contribution in [-0.4, -0.2) is 66.8 Å². The van der Waals surface area contributed by atoms with Crippen molar-refractivity contribution in [2.24, 2.45) is 0 Å². The van der Waals surface area contributed by atoms with Crippen LogP contribution in [0.1, 0.15) is 19.9 Å². The molecule has 0 radical (unpaired) electrons. The van der Waals surface area contributed by atoms with Crippen LogP contribution in [0.3, 0.4) is 0 Å². The van der Waals surface area contributed by atoms with Crippen LogP contribution in [0.4, 0.5) is 0 Å². The predicted molar refractivity (Wildman–Crippen MR) is 69.7 cm³/mol. The fourth-order valence-electron chi connectivity index (χ4n) is 1.88. The Labute approximate surface area is 115 Å². The summed E-state index contributed by atoms with van der Waals surface area (Å²) in [6, 6.07) is 0.239. The average Bonchev–Trinajstić information content (AvgIpc) is 2.94. The number of rotatable bonds is 4. The number of carbonyl (C=O) groups is 1. The minimum atomic E-state index is -0.840. The van der Waals surface area contributed by atoms with Crippen molar-refractivity contribution in [1.29, 1.82) is 0 Å². The Balaban J connectivity index is 1.89. The molecule has 0 saturated carbocycles. The van der Waals surface area contributed by atoms with Gasteiger partial charge >= 0.3 is 0 Å². The molecule has 1 fully saturated rings. The third kappa shape index (κ3) is 3.26. The molecule has 1 amide bonds. The van der Waals surface area contributed by atoms with E-state index in [9.17, 15) is 15.0 Å². The molecule has 1 saturated heterocycles. The molecule has 106 valence electrons. The number of thioether (sulfide) groups is 1. The summed E-state index contributed by atoms with van der Waals surface area (Å²) >= 11 is 1.31. The Hall–Kier alpha value is -1.12. The van der Waals surface area contributed by atoms with Crippen LogP contribution in [-0.2, 0) is 4.79 Å². The number of hydrogen-bond donors (Lipinski definition) is 2. The summed E-state index contributed by atoms with van der Waals surface area (Å²) in [5.74, 6) is 0.115. The predicted octanol–water partition coefficient (Wildman–Crippen LogP) is -0.485. The monoisotopic (exact) mass is 286 g/mol. The van der Waals surface area contributed by atoms with Crippen LogP contribution < -0.4 is 0 Å². The number of nitrogens with zero attached hydrogens (tertiary/aromatic N) is 4. The van der Waals surface area contributed by atoms with Gasteiger partial charge in [0.1, 0.15) is 6.33 Å². The number of amides is 1. The van der Waals surface area contributed by atoms with Crippen molar-refractivity contribution >= 4 is 17.7 Å². The van der Waals surface area contributed by atoms with E-state index in [-0.39, 0.29) is 30.8 Å². The van der Waals surface area contributed by atoms with Gasteiger partial charge in [-0.3, -0.25) is 4.79 Å². The maximum Gasteiger partial charge on any atom is 0.233 e. The van der Waals surface area contributed by atoms with E-state index in [0.29, 0.717) is 5.16 Å². The first kappa shape index (κ1) is 14.3. The molecule has 2 heterocycles. The summed E-state index contributed by atoms with van der Waals surface area (Å²) in [6.07, 6.45) is -0.0394. The molecular formula is C11H18N4O3S. The van der Waals surface area contributed by atoms with Gasteiger partial charge in [0.15, 0.2) is 5.16 Å². The summed E-state index contributed by atoms with van der Waals surface area (Å²) in [5.41, 5.74) is 0. The van der Waals surface area contributed by atoms with Crippen LogP contribution >= 0.6 is 11.8 Å². The van der Waals surface area contributed by atoms with Gasteiger partial charge in [-0.1, -0.05) is 11.8 Å². The Morgan fingerprint density at radius 2 is 2.11 bits per heavy atom. The number of β-amino-alcohol motifs (C(OH)–C–C–N with tert-alkyl or cyclic N) is 2. The zero-order chi connectivity index (χ0) is 14.0. The lowest BCUT2D eigenvalue weighted by Gasteiger charge is -2.15. The maximum atomic E-state index is 11.9. The minimum absolute atomic E-state index is 0.112. The van der Waals surface area contributed by atoms with Crippen molar-refractivity contribution in [2.45, 2.75) is 37.3 Å². The lowest BCUT2D eigenvalue weighted by molar-refractivity contribution is -0.127. The molecule has 1 aromatic heterocycles. The SMILES string of the molecule is CC(C)n1cnnc1SCC(=O)N1C[C@@H](O)[C@@H](O)C1. The molecule has 2 N–H and O–H groups in total. The number of aromatic nitrogens is 3. The van der Waals surface area contributed by atoms with Crippen molar-refractivity contribution in [1.82, 2.24) is 19.7 Å². The molecule has 0 unspecified atom stereocenters. The molecule has 7 nitrogen and oxygen atoms in total. The van der Waals surface area contributed by atoms with E-state index in [1.807, 2.05) is 18.4 Å². The van der Waals surface area contributed by atoms with Crippen molar-refractivity contribution in [3.05, 3.63) is 6.33 Å². The normalized spacial score (nSPS) is 23.3. The quantitative estimate of drug-likeness (QED) is 0.726. The van der Waals surface area contributed by atoms with Crippen molar-refractivity contribution in [2.75, 3.05) is 18.8 Å². The lowest BCUT2D eigenvalue weighted by atomic mass is 10.3. The smallest absolute Gasteiger partial charge is 0.233 e. The van der Waals surface area contributed by atoms with Gasteiger partial charge in [-0.25, -0.2) is 0 Å². The molecule has 2 rings (SSSR count). The molecular weight excluding hydrogens is 268 g/mol. The van der Waals surface area contributed by atoms with E-state index < -0.39 is 12.2 Å². The van der Waals surface area contributed by atoms with Gasteiger partial charge in [-0.2, -0.15) is 0 Å². The van der Waals surface area contributed by atoms with E-state index >= 15 is 0 Å². The van der Waals surface area contributed by atoms with E-state index in [0.717, 1.165) is 0 Å². The minimum Gasteiger partial charge on any atom is -0.388 e. The van der Waals surface area contributed by atoms with Gasteiger partial charge in [0.05, 0.1) is 18.0 Å².